The van der Waals surface area contributed by atoms with E-state index in [4.69, 9.17) is 5.11 Å². The van der Waals surface area contributed by atoms with Crippen LogP contribution in [-0.4, -0.2) is 28.0 Å². The highest BCUT2D eigenvalue weighted by Gasteiger charge is 2.04. The predicted octanol–water partition coefficient (Wildman–Crippen LogP) is 1.41. The van der Waals surface area contributed by atoms with Gasteiger partial charge in [0.1, 0.15) is 0 Å². The molecular weight excluding hydrogens is 226 g/mol. The van der Waals surface area contributed by atoms with E-state index in [9.17, 15) is 0 Å². The Hall–Kier alpha value is -1.00. The van der Waals surface area contributed by atoms with Crippen molar-refractivity contribution in [1.29, 1.82) is 0 Å². The van der Waals surface area contributed by atoms with Crippen LogP contribution < -0.4 is 5.32 Å². The van der Waals surface area contributed by atoms with E-state index in [0.29, 0.717) is 6.54 Å². The second-order valence-corrected chi connectivity index (χ2v) is 3.78. The van der Waals surface area contributed by atoms with E-state index in [0.717, 1.165) is 18.7 Å². The number of hydrogen-bond acceptors (Lipinski definition) is 3. The topological polar surface area (TPSA) is 50.1 Å². The number of rotatable bonds is 3. The zero-order valence-electron chi connectivity index (χ0n) is 9.22. The van der Waals surface area contributed by atoms with Crippen LogP contribution in [0, 0.1) is 0 Å². The first-order chi connectivity index (χ1) is 7.38. The van der Waals surface area contributed by atoms with Gasteiger partial charge >= 0.3 is 0 Å². The molecule has 2 rings (SSSR count). The Morgan fingerprint density at radius 1 is 1.50 bits per heavy atom. The first-order valence-electron chi connectivity index (χ1n) is 5.47. The number of allylic oxidation sites excluding steroid dienone is 1. The summed E-state index contributed by atoms with van der Waals surface area (Å²) in [5.41, 5.74) is 2.24. The van der Waals surface area contributed by atoms with Crippen molar-refractivity contribution >= 4 is 18.5 Å². The fraction of sp³-hybridized carbons (Fsp3) is 0.545. The summed E-state index contributed by atoms with van der Waals surface area (Å²) in [6.45, 7) is 1.77. The highest BCUT2D eigenvalue weighted by molar-refractivity contribution is 5.85. The van der Waals surface area contributed by atoms with Crippen molar-refractivity contribution < 1.29 is 5.11 Å². The summed E-state index contributed by atoms with van der Waals surface area (Å²) in [6.07, 6.45) is 7.62. The van der Waals surface area contributed by atoms with E-state index in [2.05, 4.69) is 16.5 Å². The van der Waals surface area contributed by atoms with Gasteiger partial charge in [-0.2, -0.15) is 5.10 Å². The maximum Gasteiger partial charge on any atom is 0.0868 e. The average Bonchev–Trinajstić information content (AvgIpc) is 2.68. The van der Waals surface area contributed by atoms with E-state index in [1.165, 1.54) is 18.5 Å². The number of nitrogens with zero attached hydrogens (tertiary/aromatic N) is 2. The monoisotopic (exact) mass is 243 g/mol. The van der Waals surface area contributed by atoms with Crippen LogP contribution in [0.5, 0.6) is 0 Å². The van der Waals surface area contributed by atoms with Gasteiger partial charge in [0.15, 0.2) is 0 Å². The van der Waals surface area contributed by atoms with Crippen LogP contribution in [0.3, 0.4) is 0 Å². The average molecular weight is 244 g/mol. The third kappa shape index (κ3) is 3.54. The van der Waals surface area contributed by atoms with Crippen LogP contribution in [0.15, 0.2) is 18.0 Å². The Balaban J connectivity index is 0.00000128. The highest BCUT2D eigenvalue weighted by atomic mass is 35.5. The zero-order chi connectivity index (χ0) is 10.5. The van der Waals surface area contributed by atoms with Crippen molar-refractivity contribution in [3.63, 3.8) is 0 Å². The van der Waals surface area contributed by atoms with Gasteiger partial charge in [0.05, 0.1) is 18.8 Å². The molecule has 5 heteroatoms. The molecule has 0 bridgehead atoms. The molecule has 0 radical (unpaired) electrons. The minimum Gasteiger partial charge on any atom is -0.394 e. The SMILES string of the molecule is Cl.OCCn1ccc(C=C2CCCCN2)n1. The standard InChI is InChI=1S/C11H17N3O.ClH/c15-8-7-14-6-4-11(13-14)9-10-3-1-2-5-12-10;/h4,6,9,12,15H,1-3,5,7-8H2;1H. The van der Waals surface area contributed by atoms with E-state index in [1.807, 2.05) is 12.3 Å². The third-order valence-electron chi connectivity index (χ3n) is 2.54. The number of nitrogens with one attached hydrogen (secondary N) is 1. The van der Waals surface area contributed by atoms with Gasteiger partial charge in [-0.1, -0.05) is 0 Å². The lowest BCUT2D eigenvalue weighted by Crippen LogP contribution is -2.19. The summed E-state index contributed by atoms with van der Waals surface area (Å²) in [6, 6.07) is 1.97. The molecule has 1 aliphatic heterocycles. The number of aliphatic hydroxyl groups is 1. The van der Waals surface area contributed by atoms with Crippen LogP contribution in [0.25, 0.3) is 6.08 Å². The lowest BCUT2D eigenvalue weighted by Gasteiger charge is -2.15. The van der Waals surface area contributed by atoms with Gasteiger partial charge in [-0.05, 0) is 31.4 Å². The highest BCUT2D eigenvalue weighted by Crippen LogP contribution is 2.13. The molecule has 0 spiro atoms. The van der Waals surface area contributed by atoms with Crippen molar-refractivity contribution in [2.24, 2.45) is 0 Å². The van der Waals surface area contributed by atoms with Crippen LogP contribution in [0.1, 0.15) is 25.0 Å². The number of hydrogen-bond donors (Lipinski definition) is 2. The molecule has 2 N–H and O–H groups in total. The summed E-state index contributed by atoms with van der Waals surface area (Å²) < 4.78 is 1.76. The normalized spacial score (nSPS) is 17.9. The Morgan fingerprint density at radius 3 is 3.06 bits per heavy atom. The zero-order valence-corrected chi connectivity index (χ0v) is 10.0. The molecule has 16 heavy (non-hydrogen) atoms. The molecule has 0 aliphatic carbocycles. The Morgan fingerprint density at radius 2 is 2.38 bits per heavy atom. The fourth-order valence-electron chi connectivity index (χ4n) is 1.76. The molecule has 0 unspecified atom stereocenters. The summed E-state index contributed by atoms with van der Waals surface area (Å²) in [7, 11) is 0. The van der Waals surface area contributed by atoms with Crippen molar-refractivity contribution in [2.45, 2.75) is 25.8 Å². The molecule has 90 valence electrons. The molecule has 1 aromatic rings. The molecule has 4 nitrogen and oxygen atoms in total. The number of aromatic nitrogens is 2. The summed E-state index contributed by atoms with van der Waals surface area (Å²) in [4.78, 5) is 0. The molecule has 1 fully saturated rings. The lowest BCUT2D eigenvalue weighted by molar-refractivity contribution is 0.269. The van der Waals surface area contributed by atoms with Crippen molar-refractivity contribution in [3.8, 4) is 0 Å². The second-order valence-electron chi connectivity index (χ2n) is 3.78. The van der Waals surface area contributed by atoms with Gasteiger partial charge in [-0.25, -0.2) is 0 Å². The van der Waals surface area contributed by atoms with Crippen LogP contribution in [-0.2, 0) is 6.54 Å². The minimum absolute atomic E-state index is 0. The number of aliphatic hydroxyl groups excluding tert-OH is 1. The summed E-state index contributed by atoms with van der Waals surface area (Å²) >= 11 is 0. The summed E-state index contributed by atoms with van der Waals surface area (Å²) in [5, 5.41) is 16.5. The largest absolute Gasteiger partial charge is 0.394 e. The molecule has 1 aromatic heterocycles. The van der Waals surface area contributed by atoms with Crippen molar-refractivity contribution in [2.75, 3.05) is 13.2 Å². The van der Waals surface area contributed by atoms with E-state index in [1.54, 1.807) is 4.68 Å². The van der Waals surface area contributed by atoms with Gasteiger partial charge in [0.2, 0.25) is 0 Å². The third-order valence-corrected chi connectivity index (χ3v) is 2.54. The molecular formula is C11H18ClN3O. The van der Waals surface area contributed by atoms with Crippen molar-refractivity contribution in [3.05, 3.63) is 23.7 Å². The van der Waals surface area contributed by atoms with E-state index >= 15 is 0 Å². The van der Waals surface area contributed by atoms with Gasteiger partial charge < -0.3 is 10.4 Å². The van der Waals surface area contributed by atoms with Gasteiger partial charge in [0, 0.05) is 18.4 Å². The minimum atomic E-state index is 0. The first-order valence-corrected chi connectivity index (χ1v) is 5.47. The van der Waals surface area contributed by atoms with Gasteiger partial charge in [-0.15, -0.1) is 12.4 Å². The van der Waals surface area contributed by atoms with E-state index in [-0.39, 0.29) is 19.0 Å². The van der Waals surface area contributed by atoms with Crippen molar-refractivity contribution in [1.82, 2.24) is 15.1 Å². The van der Waals surface area contributed by atoms with Gasteiger partial charge in [-0.3, -0.25) is 4.68 Å². The Bertz CT molecular complexity index is 341. The molecule has 2 heterocycles. The quantitative estimate of drug-likeness (QED) is 0.844. The fourth-order valence-corrected chi connectivity index (χ4v) is 1.76. The number of halogens is 1. The Kier molecular flexibility index (Phi) is 5.35. The van der Waals surface area contributed by atoms with Crippen LogP contribution in [0.2, 0.25) is 0 Å². The van der Waals surface area contributed by atoms with Crippen LogP contribution >= 0.6 is 12.4 Å². The van der Waals surface area contributed by atoms with Crippen LogP contribution in [0.4, 0.5) is 0 Å². The predicted molar refractivity (Wildman–Crippen MR) is 66.4 cm³/mol. The molecule has 0 amide bonds. The first kappa shape index (κ1) is 13.1. The maximum absolute atomic E-state index is 8.76. The smallest absolute Gasteiger partial charge is 0.0868 e. The molecule has 0 saturated carbocycles. The maximum atomic E-state index is 8.76. The van der Waals surface area contributed by atoms with E-state index < -0.39 is 0 Å². The van der Waals surface area contributed by atoms with Gasteiger partial charge in [0.25, 0.3) is 0 Å². The lowest BCUT2D eigenvalue weighted by atomic mass is 10.1. The molecule has 0 aromatic carbocycles. The molecule has 0 atom stereocenters. The Labute approximate surface area is 102 Å². The molecule has 1 saturated heterocycles. The molecule has 1 aliphatic rings. The summed E-state index contributed by atoms with van der Waals surface area (Å²) in [5.74, 6) is 0. The number of piperidine rings is 1. The second kappa shape index (κ2) is 6.55.